The lowest BCUT2D eigenvalue weighted by atomic mass is 10.5. The first-order chi connectivity index (χ1) is 2.81. The Kier molecular flexibility index (Phi) is 4.01. The smallest absolute Gasteiger partial charge is 0.0610 e. The van der Waals surface area contributed by atoms with Crippen molar-refractivity contribution in [2.75, 3.05) is 5.33 Å². The van der Waals surface area contributed by atoms with E-state index in [0.717, 1.165) is 5.33 Å². The van der Waals surface area contributed by atoms with Gasteiger partial charge in [-0.25, -0.2) is 0 Å². The molecule has 0 saturated heterocycles. The Labute approximate surface area is 51.3 Å². The minimum Gasteiger partial charge on any atom is -0.118 e. The molecule has 0 saturated carbocycles. The van der Waals surface area contributed by atoms with Gasteiger partial charge in [0.15, 0.2) is 0 Å². The first-order valence-corrected chi connectivity index (χ1v) is 3.19. The number of hydrogen-bond donors (Lipinski definition) is 0. The summed E-state index contributed by atoms with van der Waals surface area (Å²) in [6.45, 7) is 3.47. The molecule has 0 aliphatic heterocycles. The topological polar surface area (TPSA) is 0 Å². The first kappa shape index (κ1) is 6.51. The van der Waals surface area contributed by atoms with Gasteiger partial charge in [0.25, 0.3) is 0 Å². The van der Waals surface area contributed by atoms with Crippen LogP contribution >= 0.6 is 27.5 Å². The first-order valence-electron chi connectivity index (χ1n) is 1.64. The van der Waals surface area contributed by atoms with E-state index in [1.54, 1.807) is 6.08 Å². The maximum Gasteiger partial charge on any atom is 0.0610 e. The van der Waals surface area contributed by atoms with Crippen LogP contribution in [0.5, 0.6) is 0 Å². The summed E-state index contributed by atoms with van der Waals surface area (Å²) in [7, 11) is 0. The molecule has 2 heteroatoms. The zero-order valence-electron chi connectivity index (χ0n) is 3.32. The lowest BCUT2D eigenvalue weighted by Gasteiger charge is -1.89. The van der Waals surface area contributed by atoms with Crippen molar-refractivity contribution in [2.45, 2.75) is 5.38 Å². The van der Waals surface area contributed by atoms with E-state index in [1.165, 1.54) is 0 Å². The molecule has 36 valence electrons. The van der Waals surface area contributed by atoms with Crippen molar-refractivity contribution < 1.29 is 0 Å². The Bertz CT molecular complexity index is 44.8. The van der Waals surface area contributed by atoms with Gasteiger partial charge >= 0.3 is 0 Å². The van der Waals surface area contributed by atoms with Crippen molar-refractivity contribution in [1.82, 2.24) is 0 Å². The lowest BCUT2D eigenvalue weighted by molar-refractivity contribution is 1.28. The standard InChI is InChI=1S/C4H6BrCl/c1-2-4(6)3-5/h2,4H,1,3H2. The molecule has 1 atom stereocenters. The lowest BCUT2D eigenvalue weighted by Crippen LogP contribution is -1.90. The summed E-state index contributed by atoms with van der Waals surface area (Å²) in [5.41, 5.74) is 0. The minimum atomic E-state index is 0.0880. The highest BCUT2D eigenvalue weighted by atomic mass is 79.9. The highest BCUT2D eigenvalue weighted by molar-refractivity contribution is 9.09. The molecule has 0 aromatic heterocycles. The molecule has 1 unspecified atom stereocenters. The molecule has 0 rings (SSSR count). The number of allylic oxidation sites excluding steroid dienone is 1. The molecule has 0 fully saturated rings. The van der Waals surface area contributed by atoms with E-state index in [9.17, 15) is 0 Å². The van der Waals surface area contributed by atoms with Gasteiger partial charge in [-0.15, -0.1) is 18.2 Å². The maximum atomic E-state index is 5.48. The van der Waals surface area contributed by atoms with E-state index in [-0.39, 0.29) is 5.38 Å². The van der Waals surface area contributed by atoms with E-state index in [2.05, 4.69) is 22.5 Å². The van der Waals surface area contributed by atoms with Crippen LogP contribution in [0.15, 0.2) is 12.7 Å². The van der Waals surface area contributed by atoms with Gasteiger partial charge in [0.1, 0.15) is 0 Å². The Morgan fingerprint density at radius 1 is 2.00 bits per heavy atom. The highest BCUT2D eigenvalue weighted by Gasteiger charge is 1.89. The second-order valence-corrected chi connectivity index (χ2v) is 2.11. The summed E-state index contributed by atoms with van der Waals surface area (Å²) < 4.78 is 0. The number of hydrogen-bond acceptors (Lipinski definition) is 0. The van der Waals surface area contributed by atoms with E-state index >= 15 is 0 Å². The summed E-state index contributed by atoms with van der Waals surface area (Å²) in [5, 5.41) is 0.878. The summed E-state index contributed by atoms with van der Waals surface area (Å²) in [6, 6.07) is 0. The maximum absolute atomic E-state index is 5.48. The van der Waals surface area contributed by atoms with Crippen molar-refractivity contribution in [3.8, 4) is 0 Å². The van der Waals surface area contributed by atoms with Crippen LogP contribution in [0.2, 0.25) is 0 Å². The normalized spacial score (nSPS) is 13.7. The Balaban J connectivity index is 2.96. The number of rotatable bonds is 2. The zero-order valence-corrected chi connectivity index (χ0v) is 5.67. The van der Waals surface area contributed by atoms with Crippen LogP contribution in [0.1, 0.15) is 0 Å². The predicted octanol–water partition coefficient (Wildman–Crippen LogP) is 2.17. The van der Waals surface area contributed by atoms with Gasteiger partial charge in [-0.2, -0.15) is 0 Å². The third-order valence-corrected chi connectivity index (χ3v) is 1.81. The average Bonchev–Trinajstić information content (AvgIpc) is 1.65. The molecule has 0 aliphatic carbocycles. The second-order valence-electron chi connectivity index (χ2n) is 0.906. The number of alkyl halides is 2. The van der Waals surface area contributed by atoms with Crippen LogP contribution in [0, 0.1) is 0 Å². The summed E-state index contributed by atoms with van der Waals surface area (Å²) in [6.07, 6.45) is 1.69. The van der Waals surface area contributed by atoms with Crippen LogP contribution in [-0.2, 0) is 0 Å². The summed E-state index contributed by atoms with van der Waals surface area (Å²) in [4.78, 5) is 0. The molecular weight excluding hydrogens is 163 g/mol. The molecule has 0 bridgehead atoms. The van der Waals surface area contributed by atoms with Gasteiger partial charge in [-0.3, -0.25) is 0 Å². The Hall–Kier alpha value is 0.510. The van der Waals surface area contributed by atoms with Crippen LogP contribution in [0.25, 0.3) is 0 Å². The molecule has 0 spiro atoms. The third-order valence-electron chi connectivity index (χ3n) is 0.403. The van der Waals surface area contributed by atoms with Crippen LogP contribution in [-0.4, -0.2) is 10.7 Å². The van der Waals surface area contributed by atoms with Gasteiger partial charge in [-0.1, -0.05) is 22.0 Å². The van der Waals surface area contributed by atoms with E-state index in [4.69, 9.17) is 11.6 Å². The fourth-order valence-electron chi connectivity index (χ4n) is 0.0630. The predicted molar refractivity (Wildman–Crippen MR) is 33.6 cm³/mol. The highest BCUT2D eigenvalue weighted by Crippen LogP contribution is 1.98. The monoisotopic (exact) mass is 168 g/mol. The molecule has 6 heavy (non-hydrogen) atoms. The van der Waals surface area contributed by atoms with Gasteiger partial charge in [0.2, 0.25) is 0 Å². The molecule has 0 N–H and O–H groups in total. The molecule has 0 aliphatic rings. The molecule has 0 aromatic rings. The van der Waals surface area contributed by atoms with Gasteiger partial charge < -0.3 is 0 Å². The largest absolute Gasteiger partial charge is 0.118 e. The second kappa shape index (κ2) is 3.69. The van der Waals surface area contributed by atoms with Crippen LogP contribution in [0.4, 0.5) is 0 Å². The Morgan fingerprint density at radius 3 is 2.50 bits per heavy atom. The van der Waals surface area contributed by atoms with Crippen LogP contribution < -0.4 is 0 Å². The molecule has 0 heterocycles. The average molecular weight is 169 g/mol. The minimum absolute atomic E-state index is 0.0880. The van der Waals surface area contributed by atoms with Crippen molar-refractivity contribution >= 4 is 27.5 Å². The van der Waals surface area contributed by atoms with E-state index in [0.29, 0.717) is 0 Å². The molecule has 0 aromatic carbocycles. The van der Waals surface area contributed by atoms with Crippen molar-refractivity contribution in [3.63, 3.8) is 0 Å². The summed E-state index contributed by atoms with van der Waals surface area (Å²) >= 11 is 8.66. The van der Waals surface area contributed by atoms with Crippen molar-refractivity contribution in [2.24, 2.45) is 0 Å². The van der Waals surface area contributed by atoms with Gasteiger partial charge in [-0.05, 0) is 0 Å². The van der Waals surface area contributed by atoms with Crippen LogP contribution in [0.3, 0.4) is 0 Å². The third kappa shape index (κ3) is 2.73. The molecule has 0 radical (unpaired) electrons. The molecular formula is C4H6BrCl. The Morgan fingerprint density at radius 2 is 2.50 bits per heavy atom. The van der Waals surface area contributed by atoms with Gasteiger partial charge in [0, 0.05) is 5.33 Å². The SMILES string of the molecule is C=CC(Cl)CBr. The fraction of sp³-hybridized carbons (Fsp3) is 0.500. The quantitative estimate of drug-likeness (QED) is 0.439. The fourth-order valence-corrected chi connectivity index (χ4v) is 0.327. The van der Waals surface area contributed by atoms with E-state index in [1.807, 2.05) is 0 Å². The summed E-state index contributed by atoms with van der Waals surface area (Å²) in [5.74, 6) is 0. The molecule has 0 amide bonds. The zero-order chi connectivity index (χ0) is 4.99. The molecule has 0 nitrogen and oxygen atoms in total. The number of halogens is 2. The van der Waals surface area contributed by atoms with E-state index < -0.39 is 0 Å². The van der Waals surface area contributed by atoms with Crippen molar-refractivity contribution in [1.29, 1.82) is 0 Å². The van der Waals surface area contributed by atoms with Gasteiger partial charge in [0.05, 0.1) is 5.38 Å². The van der Waals surface area contributed by atoms with Crippen molar-refractivity contribution in [3.05, 3.63) is 12.7 Å².